The molecule has 33 heavy (non-hydrogen) atoms. The van der Waals surface area contributed by atoms with Crippen LogP contribution in [0.3, 0.4) is 0 Å². The van der Waals surface area contributed by atoms with Gasteiger partial charge < -0.3 is 10.3 Å². The van der Waals surface area contributed by atoms with Gasteiger partial charge in [-0.3, -0.25) is 4.79 Å². The molecule has 7 nitrogen and oxygen atoms in total. The number of nitrogens with zero attached hydrogens (tertiary/aromatic N) is 2. The third kappa shape index (κ3) is 4.44. The van der Waals surface area contributed by atoms with E-state index in [0.29, 0.717) is 36.5 Å². The summed E-state index contributed by atoms with van der Waals surface area (Å²) in [7, 11) is -3.54. The number of fused-ring (bicyclic) bond motifs is 1. The molecule has 0 unspecified atom stereocenters. The van der Waals surface area contributed by atoms with Crippen LogP contribution < -0.4 is 5.32 Å². The SMILES string of the molecule is Cc1ccc(S(=O)(=O)N2CCC(C(=O)Nc3ccc4nc(-c5cccs5)[nH]c4c3)CC2)cc1. The lowest BCUT2D eigenvalue weighted by molar-refractivity contribution is -0.120. The van der Waals surface area contributed by atoms with Gasteiger partial charge in [-0.15, -0.1) is 11.3 Å². The normalized spacial score (nSPS) is 15.7. The Labute approximate surface area is 196 Å². The van der Waals surface area contributed by atoms with Crippen LogP contribution in [0.4, 0.5) is 5.69 Å². The standard InChI is InChI=1S/C24H24N4O3S2/c1-16-4-7-19(8-5-16)33(30,31)28-12-10-17(11-13-28)24(29)25-18-6-9-20-21(15-18)27-23(26-20)22-3-2-14-32-22/h2-9,14-15,17H,10-13H2,1H3,(H,25,29)(H,26,27). The van der Waals surface area contributed by atoms with Crippen LogP contribution in [-0.4, -0.2) is 41.7 Å². The van der Waals surface area contributed by atoms with Gasteiger partial charge >= 0.3 is 0 Å². The summed E-state index contributed by atoms with van der Waals surface area (Å²) in [5.74, 6) is 0.499. The number of thiophene rings is 1. The quantitative estimate of drug-likeness (QED) is 0.435. The number of anilines is 1. The minimum Gasteiger partial charge on any atom is -0.337 e. The number of sulfonamides is 1. The third-order valence-corrected chi connectivity index (χ3v) is 8.78. The van der Waals surface area contributed by atoms with Crippen molar-refractivity contribution >= 4 is 44.0 Å². The molecule has 0 bridgehead atoms. The van der Waals surface area contributed by atoms with Gasteiger partial charge in [-0.2, -0.15) is 4.31 Å². The van der Waals surface area contributed by atoms with Gasteiger partial charge in [-0.05, 0) is 61.5 Å². The lowest BCUT2D eigenvalue weighted by Crippen LogP contribution is -2.41. The number of imidazole rings is 1. The van der Waals surface area contributed by atoms with Gasteiger partial charge in [0.05, 0.1) is 20.8 Å². The largest absolute Gasteiger partial charge is 0.337 e. The van der Waals surface area contributed by atoms with E-state index in [0.717, 1.165) is 27.3 Å². The van der Waals surface area contributed by atoms with E-state index in [4.69, 9.17) is 0 Å². The Morgan fingerprint density at radius 2 is 1.88 bits per heavy atom. The molecule has 0 aliphatic carbocycles. The van der Waals surface area contributed by atoms with Crippen molar-refractivity contribution in [1.29, 1.82) is 0 Å². The molecule has 1 fully saturated rings. The number of H-pyrrole nitrogens is 1. The summed E-state index contributed by atoms with van der Waals surface area (Å²) in [6.07, 6.45) is 0.984. The Morgan fingerprint density at radius 3 is 2.58 bits per heavy atom. The fourth-order valence-electron chi connectivity index (χ4n) is 4.08. The lowest BCUT2D eigenvalue weighted by atomic mass is 9.97. The van der Waals surface area contributed by atoms with E-state index in [1.807, 2.05) is 42.6 Å². The Hall–Kier alpha value is -3.01. The number of hydrogen-bond donors (Lipinski definition) is 2. The van der Waals surface area contributed by atoms with E-state index in [2.05, 4.69) is 15.3 Å². The van der Waals surface area contributed by atoms with Crippen molar-refractivity contribution in [3.05, 3.63) is 65.5 Å². The van der Waals surface area contributed by atoms with E-state index in [9.17, 15) is 13.2 Å². The van der Waals surface area contributed by atoms with Crippen LogP contribution in [0.2, 0.25) is 0 Å². The van der Waals surface area contributed by atoms with Gasteiger partial charge in [0, 0.05) is 24.7 Å². The number of nitrogens with one attached hydrogen (secondary N) is 2. The van der Waals surface area contributed by atoms with Gasteiger partial charge in [0.1, 0.15) is 5.82 Å². The van der Waals surface area contributed by atoms with Crippen molar-refractivity contribution in [2.24, 2.45) is 5.92 Å². The maximum Gasteiger partial charge on any atom is 0.243 e. The number of benzene rings is 2. The summed E-state index contributed by atoms with van der Waals surface area (Å²) >= 11 is 1.62. The highest BCUT2D eigenvalue weighted by molar-refractivity contribution is 7.89. The van der Waals surface area contributed by atoms with E-state index in [1.165, 1.54) is 4.31 Å². The number of carbonyl (C=O) groups excluding carboxylic acids is 1. The molecule has 3 heterocycles. The highest BCUT2D eigenvalue weighted by Crippen LogP contribution is 2.28. The maximum atomic E-state index is 12.9. The second-order valence-electron chi connectivity index (χ2n) is 8.28. The summed E-state index contributed by atoms with van der Waals surface area (Å²) < 4.78 is 27.3. The number of carbonyl (C=O) groups is 1. The zero-order valence-corrected chi connectivity index (χ0v) is 19.7. The van der Waals surface area contributed by atoms with Gasteiger partial charge in [0.25, 0.3) is 0 Å². The first kappa shape index (κ1) is 21.8. The topological polar surface area (TPSA) is 95.2 Å². The molecule has 5 rings (SSSR count). The second kappa shape index (κ2) is 8.74. The summed E-state index contributed by atoms with van der Waals surface area (Å²) in [6.45, 7) is 2.59. The molecule has 1 aliphatic heterocycles. The second-order valence-corrected chi connectivity index (χ2v) is 11.2. The van der Waals surface area contributed by atoms with Crippen molar-refractivity contribution in [2.75, 3.05) is 18.4 Å². The smallest absolute Gasteiger partial charge is 0.243 e. The minimum atomic E-state index is -3.54. The number of hydrogen-bond acceptors (Lipinski definition) is 5. The van der Waals surface area contributed by atoms with Gasteiger partial charge in [-0.25, -0.2) is 13.4 Å². The molecule has 2 aromatic heterocycles. The Bertz CT molecular complexity index is 1390. The van der Waals surface area contributed by atoms with Gasteiger partial charge in [0.2, 0.25) is 15.9 Å². The van der Waals surface area contributed by atoms with Crippen molar-refractivity contribution in [2.45, 2.75) is 24.7 Å². The highest BCUT2D eigenvalue weighted by atomic mass is 32.2. The summed E-state index contributed by atoms with van der Waals surface area (Å²) in [5, 5.41) is 4.99. The predicted molar refractivity (Wildman–Crippen MR) is 131 cm³/mol. The molecule has 2 aromatic carbocycles. The Kier molecular flexibility index (Phi) is 5.77. The molecule has 1 saturated heterocycles. The average Bonchev–Trinajstić information content (AvgIpc) is 3.49. The number of aryl methyl sites for hydroxylation is 1. The fraction of sp³-hybridized carbons (Fsp3) is 0.250. The first-order valence-electron chi connectivity index (χ1n) is 10.8. The zero-order valence-electron chi connectivity index (χ0n) is 18.1. The minimum absolute atomic E-state index is 0.0836. The van der Waals surface area contributed by atoms with Crippen LogP contribution in [0.1, 0.15) is 18.4 Å². The lowest BCUT2D eigenvalue weighted by Gasteiger charge is -2.30. The number of rotatable bonds is 5. The number of amides is 1. The van der Waals surface area contributed by atoms with Crippen LogP contribution in [0.15, 0.2) is 64.9 Å². The molecule has 9 heteroatoms. The van der Waals surface area contributed by atoms with Crippen LogP contribution in [-0.2, 0) is 14.8 Å². The Balaban J connectivity index is 1.23. The van der Waals surface area contributed by atoms with Crippen LogP contribution in [0.25, 0.3) is 21.7 Å². The van der Waals surface area contributed by atoms with Crippen molar-refractivity contribution in [3.63, 3.8) is 0 Å². The summed E-state index contributed by atoms with van der Waals surface area (Å²) in [5.41, 5.74) is 3.41. The maximum absolute atomic E-state index is 12.9. The van der Waals surface area contributed by atoms with E-state index in [-0.39, 0.29) is 11.8 Å². The van der Waals surface area contributed by atoms with Crippen LogP contribution in [0.5, 0.6) is 0 Å². The zero-order chi connectivity index (χ0) is 23.0. The van der Waals surface area contributed by atoms with E-state index >= 15 is 0 Å². The van der Waals surface area contributed by atoms with Crippen molar-refractivity contribution in [3.8, 4) is 10.7 Å². The Morgan fingerprint density at radius 1 is 1.12 bits per heavy atom. The molecule has 1 amide bonds. The van der Waals surface area contributed by atoms with Crippen LogP contribution >= 0.6 is 11.3 Å². The molecule has 4 aromatic rings. The molecule has 0 radical (unpaired) electrons. The van der Waals surface area contributed by atoms with Crippen molar-refractivity contribution < 1.29 is 13.2 Å². The third-order valence-electron chi connectivity index (χ3n) is 5.99. The predicted octanol–water partition coefficient (Wildman–Crippen LogP) is 4.64. The summed E-state index contributed by atoms with van der Waals surface area (Å²) in [4.78, 5) is 22.1. The molecule has 0 saturated carbocycles. The van der Waals surface area contributed by atoms with E-state index < -0.39 is 10.0 Å². The summed E-state index contributed by atoms with van der Waals surface area (Å²) in [6, 6.07) is 16.5. The fourth-order valence-corrected chi connectivity index (χ4v) is 6.22. The number of aromatic nitrogens is 2. The monoisotopic (exact) mass is 480 g/mol. The molecule has 1 aliphatic rings. The average molecular weight is 481 g/mol. The number of piperidine rings is 1. The molecule has 0 atom stereocenters. The molecular weight excluding hydrogens is 456 g/mol. The highest BCUT2D eigenvalue weighted by Gasteiger charge is 2.32. The molecular formula is C24H24N4O3S2. The molecule has 2 N–H and O–H groups in total. The van der Waals surface area contributed by atoms with Crippen LogP contribution in [0, 0.1) is 12.8 Å². The van der Waals surface area contributed by atoms with Gasteiger partial charge in [-0.1, -0.05) is 23.8 Å². The molecule has 0 spiro atoms. The van der Waals surface area contributed by atoms with Gasteiger partial charge in [0.15, 0.2) is 0 Å². The number of aromatic amines is 1. The van der Waals surface area contributed by atoms with Crippen molar-refractivity contribution in [1.82, 2.24) is 14.3 Å². The molecule has 170 valence electrons. The first-order valence-corrected chi connectivity index (χ1v) is 13.1. The van der Waals surface area contributed by atoms with E-state index in [1.54, 1.807) is 35.6 Å². The first-order chi connectivity index (χ1) is 15.9.